The van der Waals surface area contributed by atoms with Crippen LogP contribution in [0.2, 0.25) is 0 Å². The lowest BCUT2D eigenvalue weighted by Crippen LogP contribution is -2.03. The largest absolute Gasteiger partial charge is 0.478 e. The number of hydrogen-bond donors (Lipinski definition) is 2. The Hall–Kier alpha value is -2.50. The van der Waals surface area contributed by atoms with Gasteiger partial charge in [0.25, 0.3) is 0 Å². The van der Waals surface area contributed by atoms with E-state index < -0.39 is 16.8 Å². The van der Waals surface area contributed by atoms with Crippen molar-refractivity contribution in [1.29, 1.82) is 0 Å². The summed E-state index contributed by atoms with van der Waals surface area (Å²) in [5, 5.41) is 20.0. The molecule has 0 spiro atoms. The van der Waals surface area contributed by atoms with Gasteiger partial charge in [0, 0.05) is 10.3 Å². The van der Waals surface area contributed by atoms with E-state index in [0.29, 0.717) is 20.7 Å². The topological polar surface area (TPSA) is 74.6 Å². The number of carboxylic acid groups (broad SMARTS) is 1. The van der Waals surface area contributed by atoms with Gasteiger partial charge in [0.05, 0.1) is 27.9 Å². The molecule has 0 amide bonds. The fraction of sp³-hybridized carbons (Fsp3) is 0.0556. The SMILES string of the molecule is O=C(O)c1cccc2cccc(S(=O)c3ccccc3CO)c12. The van der Waals surface area contributed by atoms with Crippen LogP contribution in [0.25, 0.3) is 10.8 Å². The number of fused-ring (bicyclic) bond motifs is 1. The third kappa shape index (κ3) is 2.76. The maximum absolute atomic E-state index is 13.0. The Labute approximate surface area is 135 Å². The van der Waals surface area contributed by atoms with Crippen LogP contribution in [-0.4, -0.2) is 20.4 Å². The van der Waals surface area contributed by atoms with Gasteiger partial charge in [-0.05, 0) is 29.1 Å². The van der Waals surface area contributed by atoms with Crippen LogP contribution in [0.5, 0.6) is 0 Å². The molecule has 0 aliphatic heterocycles. The Morgan fingerprint density at radius 2 is 1.57 bits per heavy atom. The number of aliphatic hydroxyl groups is 1. The molecule has 1 unspecified atom stereocenters. The fourth-order valence-corrected chi connectivity index (χ4v) is 4.00. The summed E-state index contributed by atoms with van der Waals surface area (Å²) in [7, 11) is -1.58. The van der Waals surface area contributed by atoms with E-state index in [2.05, 4.69) is 0 Å². The monoisotopic (exact) mass is 326 g/mol. The van der Waals surface area contributed by atoms with Crippen molar-refractivity contribution in [2.75, 3.05) is 0 Å². The molecule has 0 heterocycles. The second-order valence-corrected chi connectivity index (χ2v) is 6.42. The Morgan fingerprint density at radius 1 is 0.913 bits per heavy atom. The first-order chi connectivity index (χ1) is 11.1. The summed E-state index contributed by atoms with van der Waals surface area (Å²) in [4.78, 5) is 12.4. The third-order valence-corrected chi connectivity index (χ3v) is 5.18. The van der Waals surface area contributed by atoms with E-state index in [1.54, 1.807) is 54.6 Å². The fourth-order valence-electron chi connectivity index (χ4n) is 2.57. The van der Waals surface area contributed by atoms with Gasteiger partial charge in [-0.25, -0.2) is 9.00 Å². The van der Waals surface area contributed by atoms with Crippen molar-refractivity contribution in [2.45, 2.75) is 16.4 Å². The summed E-state index contributed by atoms with van der Waals surface area (Å²) >= 11 is 0. The van der Waals surface area contributed by atoms with Crippen molar-refractivity contribution in [3.8, 4) is 0 Å². The molecule has 0 bridgehead atoms. The molecule has 23 heavy (non-hydrogen) atoms. The van der Waals surface area contributed by atoms with Gasteiger partial charge in [0.1, 0.15) is 0 Å². The molecule has 0 aliphatic rings. The molecule has 0 fully saturated rings. The average Bonchev–Trinajstić information content (AvgIpc) is 2.59. The van der Waals surface area contributed by atoms with Crippen LogP contribution >= 0.6 is 0 Å². The van der Waals surface area contributed by atoms with E-state index in [1.165, 1.54) is 6.07 Å². The van der Waals surface area contributed by atoms with Crippen LogP contribution in [0.4, 0.5) is 0 Å². The first kappa shape index (κ1) is 15.4. The lowest BCUT2D eigenvalue weighted by molar-refractivity contribution is 0.0699. The third-order valence-electron chi connectivity index (χ3n) is 3.64. The van der Waals surface area contributed by atoms with E-state index in [9.17, 15) is 19.2 Å². The number of aromatic carboxylic acids is 1. The van der Waals surface area contributed by atoms with Crippen molar-refractivity contribution in [1.82, 2.24) is 0 Å². The predicted octanol–water partition coefficient (Wildman–Crippen LogP) is 3.20. The molecule has 1 atom stereocenters. The molecular weight excluding hydrogens is 312 g/mol. The minimum atomic E-state index is -1.58. The van der Waals surface area contributed by atoms with E-state index in [-0.39, 0.29) is 12.2 Å². The van der Waals surface area contributed by atoms with Crippen LogP contribution in [0.3, 0.4) is 0 Å². The van der Waals surface area contributed by atoms with Crippen LogP contribution in [0.1, 0.15) is 15.9 Å². The average molecular weight is 326 g/mol. The first-order valence-electron chi connectivity index (χ1n) is 6.99. The zero-order valence-electron chi connectivity index (χ0n) is 12.1. The van der Waals surface area contributed by atoms with E-state index in [4.69, 9.17) is 0 Å². The molecule has 0 saturated carbocycles. The molecule has 0 aromatic heterocycles. The van der Waals surface area contributed by atoms with Gasteiger partial charge in [-0.1, -0.05) is 42.5 Å². The van der Waals surface area contributed by atoms with Gasteiger partial charge >= 0.3 is 5.97 Å². The van der Waals surface area contributed by atoms with E-state index in [0.717, 1.165) is 5.39 Å². The van der Waals surface area contributed by atoms with Gasteiger partial charge in [-0.15, -0.1) is 0 Å². The van der Waals surface area contributed by atoms with Crippen LogP contribution in [0, 0.1) is 0 Å². The van der Waals surface area contributed by atoms with Gasteiger partial charge in [0.15, 0.2) is 0 Å². The zero-order chi connectivity index (χ0) is 16.4. The van der Waals surface area contributed by atoms with Gasteiger partial charge in [-0.3, -0.25) is 0 Å². The highest BCUT2D eigenvalue weighted by molar-refractivity contribution is 7.85. The molecule has 0 aliphatic carbocycles. The highest BCUT2D eigenvalue weighted by Crippen LogP contribution is 2.29. The minimum Gasteiger partial charge on any atom is -0.478 e. The van der Waals surface area contributed by atoms with Crippen LogP contribution < -0.4 is 0 Å². The number of carboxylic acids is 1. The lowest BCUT2D eigenvalue weighted by atomic mass is 10.0. The Kier molecular flexibility index (Phi) is 4.23. The molecule has 3 aromatic carbocycles. The van der Waals surface area contributed by atoms with Crippen molar-refractivity contribution >= 4 is 27.5 Å². The number of carbonyl (C=O) groups is 1. The second-order valence-electron chi connectivity index (χ2n) is 5.00. The van der Waals surface area contributed by atoms with Crippen molar-refractivity contribution < 1.29 is 19.2 Å². The van der Waals surface area contributed by atoms with E-state index >= 15 is 0 Å². The van der Waals surface area contributed by atoms with Crippen LogP contribution in [-0.2, 0) is 17.4 Å². The Bertz CT molecular complexity index is 913. The zero-order valence-corrected chi connectivity index (χ0v) is 12.9. The minimum absolute atomic E-state index is 0.118. The molecule has 3 aromatic rings. The van der Waals surface area contributed by atoms with Gasteiger partial charge in [0.2, 0.25) is 0 Å². The molecule has 0 radical (unpaired) electrons. The second kappa shape index (κ2) is 6.32. The number of aliphatic hydroxyl groups excluding tert-OH is 1. The van der Waals surface area contributed by atoms with Crippen molar-refractivity contribution in [2.24, 2.45) is 0 Å². The van der Waals surface area contributed by atoms with Crippen molar-refractivity contribution in [3.05, 3.63) is 71.8 Å². The normalized spacial score (nSPS) is 12.2. The summed E-state index contributed by atoms with van der Waals surface area (Å²) in [6.07, 6.45) is 0. The first-order valence-corrected chi connectivity index (χ1v) is 8.14. The summed E-state index contributed by atoms with van der Waals surface area (Å²) in [5.74, 6) is -1.06. The smallest absolute Gasteiger partial charge is 0.336 e. The predicted molar refractivity (Wildman–Crippen MR) is 87.9 cm³/mol. The maximum atomic E-state index is 13.0. The number of rotatable bonds is 4. The van der Waals surface area contributed by atoms with Gasteiger partial charge < -0.3 is 10.2 Å². The molecular formula is C18H14O4S. The quantitative estimate of drug-likeness (QED) is 0.772. The Balaban J connectivity index is 2.28. The van der Waals surface area contributed by atoms with E-state index in [1.807, 2.05) is 0 Å². The molecule has 116 valence electrons. The summed E-state index contributed by atoms with van der Waals surface area (Å²) in [6, 6.07) is 17.1. The summed E-state index contributed by atoms with van der Waals surface area (Å²) in [6.45, 7) is -0.224. The van der Waals surface area contributed by atoms with Crippen molar-refractivity contribution in [3.63, 3.8) is 0 Å². The molecule has 5 heteroatoms. The molecule has 2 N–H and O–H groups in total. The Morgan fingerprint density at radius 3 is 2.26 bits per heavy atom. The van der Waals surface area contributed by atoms with Gasteiger partial charge in [-0.2, -0.15) is 0 Å². The van der Waals surface area contributed by atoms with Crippen LogP contribution in [0.15, 0.2) is 70.5 Å². The number of benzene rings is 3. The maximum Gasteiger partial charge on any atom is 0.336 e. The molecule has 4 nitrogen and oxygen atoms in total. The highest BCUT2D eigenvalue weighted by atomic mass is 32.2. The highest BCUT2D eigenvalue weighted by Gasteiger charge is 2.18. The molecule has 3 rings (SSSR count). The summed E-state index contributed by atoms with van der Waals surface area (Å²) < 4.78 is 13.0. The molecule has 0 saturated heterocycles. The number of hydrogen-bond acceptors (Lipinski definition) is 3. The lowest BCUT2D eigenvalue weighted by Gasteiger charge is -2.11. The standard InChI is InChI=1S/C18H14O4S/c19-11-13-5-1-2-9-15(13)23(22)16-10-4-7-12-6-3-8-14(17(12)16)18(20)21/h1-10,19H,11H2,(H,20,21). The summed E-state index contributed by atoms with van der Waals surface area (Å²) in [5.41, 5.74) is 0.684.